The SMILES string of the molecule is CCCCCSCCC(NC1CC1)C(=O)OC. The summed E-state index contributed by atoms with van der Waals surface area (Å²) in [4.78, 5) is 11.5. The Kier molecular flexibility index (Phi) is 7.69. The van der Waals surface area contributed by atoms with Crippen LogP contribution in [0.15, 0.2) is 0 Å². The second-order valence-electron chi connectivity index (χ2n) is 4.62. The monoisotopic (exact) mass is 259 g/mol. The van der Waals surface area contributed by atoms with Crippen LogP contribution in [0.4, 0.5) is 0 Å². The molecule has 1 fully saturated rings. The molecule has 1 aliphatic rings. The highest BCUT2D eigenvalue weighted by Gasteiger charge is 2.28. The standard InChI is InChI=1S/C13H25NO2S/c1-3-4-5-9-17-10-8-12(13(15)16-2)14-11-6-7-11/h11-12,14H,3-10H2,1-2H3. The number of methoxy groups -OCH3 is 1. The Labute approximate surface area is 109 Å². The first-order valence-corrected chi connectivity index (χ1v) is 7.85. The molecule has 1 unspecified atom stereocenters. The second-order valence-corrected chi connectivity index (χ2v) is 5.85. The van der Waals surface area contributed by atoms with E-state index in [-0.39, 0.29) is 12.0 Å². The minimum absolute atomic E-state index is 0.0915. The molecule has 0 heterocycles. The highest BCUT2D eigenvalue weighted by molar-refractivity contribution is 7.99. The van der Waals surface area contributed by atoms with Crippen molar-refractivity contribution in [3.8, 4) is 0 Å². The summed E-state index contributed by atoms with van der Waals surface area (Å²) in [5, 5.41) is 3.36. The molecular weight excluding hydrogens is 234 g/mol. The fourth-order valence-corrected chi connectivity index (χ4v) is 2.72. The van der Waals surface area contributed by atoms with Gasteiger partial charge in [-0.05, 0) is 37.2 Å². The maximum absolute atomic E-state index is 11.5. The van der Waals surface area contributed by atoms with E-state index in [0.717, 1.165) is 12.2 Å². The summed E-state index contributed by atoms with van der Waals surface area (Å²) in [5.41, 5.74) is 0. The number of hydrogen-bond donors (Lipinski definition) is 1. The van der Waals surface area contributed by atoms with Crippen molar-refractivity contribution < 1.29 is 9.53 Å². The third-order valence-electron chi connectivity index (χ3n) is 2.94. The molecule has 0 spiro atoms. The van der Waals surface area contributed by atoms with Gasteiger partial charge in [0.05, 0.1) is 7.11 Å². The molecule has 0 aromatic carbocycles. The fraction of sp³-hybridized carbons (Fsp3) is 0.923. The lowest BCUT2D eigenvalue weighted by atomic mass is 10.2. The number of thioether (sulfide) groups is 1. The average molecular weight is 259 g/mol. The van der Waals surface area contributed by atoms with Crippen LogP contribution in [0.1, 0.15) is 45.4 Å². The normalized spacial score (nSPS) is 16.8. The van der Waals surface area contributed by atoms with Crippen LogP contribution < -0.4 is 5.32 Å². The van der Waals surface area contributed by atoms with Crippen molar-refractivity contribution >= 4 is 17.7 Å². The molecule has 0 radical (unpaired) electrons. The molecule has 0 aromatic heterocycles. The van der Waals surface area contributed by atoms with Crippen molar-refractivity contribution in [3.05, 3.63) is 0 Å². The summed E-state index contributed by atoms with van der Waals surface area (Å²) in [6.07, 6.45) is 7.18. The highest BCUT2D eigenvalue weighted by atomic mass is 32.2. The smallest absolute Gasteiger partial charge is 0.322 e. The molecule has 100 valence electrons. The van der Waals surface area contributed by atoms with Crippen LogP contribution >= 0.6 is 11.8 Å². The Morgan fingerprint density at radius 2 is 2.18 bits per heavy atom. The minimum Gasteiger partial charge on any atom is -0.468 e. The van der Waals surface area contributed by atoms with Crippen molar-refractivity contribution in [2.24, 2.45) is 0 Å². The van der Waals surface area contributed by atoms with Crippen molar-refractivity contribution in [3.63, 3.8) is 0 Å². The number of nitrogens with one attached hydrogen (secondary N) is 1. The summed E-state index contributed by atoms with van der Waals surface area (Å²) >= 11 is 1.95. The first-order valence-electron chi connectivity index (χ1n) is 6.69. The zero-order valence-electron chi connectivity index (χ0n) is 11.0. The average Bonchev–Trinajstić information content (AvgIpc) is 3.15. The molecule has 4 heteroatoms. The largest absolute Gasteiger partial charge is 0.468 e. The molecule has 0 bridgehead atoms. The summed E-state index contributed by atoms with van der Waals surface area (Å²) in [7, 11) is 1.47. The van der Waals surface area contributed by atoms with E-state index < -0.39 is 0 Å². The zero-order valence-corrected chi connectivity index (χ0v) is 11.9. The van der Waals surface area contributed by atoms with Gasteiger partial charge in [0.15, 0.2) is 0 Å². The Morgan fingerprint density at radius 3 is 2.76 bits per heavy atom. The Morgan fingerprint density at radius 1 is 1.41 bits per heavy atom. The van der Waals surface area contributed by atoms with Crippen LogP contribution in [-0.2, 0) is 9.53 Å². The third kappa shape index (κ3) is 6.94. The Hall–Kier alpha value is -0.220. The van der Waals surface area contributed by atoms with Crippen molar-refractivity contribution in [1.29, 1.82) is 0 Å². The zero-order chi connectivity index (χ0) is 12.5. The maximum Gasteiger partial charge on any atom is 0.322 e. The van der Waals surface area contributed by atoms with Crippen molar-refractivity contribution in [2.75, 3.05) is 18.6 Å². The molecule has 0 saturated heterocycles. The van der Waals surface area contributed by atoms with E-state index in [9.17, 15) is 4.79 Å². The van der Waals surface area contributed by atoms with Crippen LogP contribution in [0, 0.1) is 0 Å². The van der Waals surface area contributed by atoms with Gasteiger partial charge in [-0.1, -0.05) is 19.8 Å². The minimum atomic E-state index is -0.106. The predicted octanol–water partition coefficient (Wildman–Crippen LogP) is 2.59. The van der Waals surface area contributed by atoms with E-state index in [0.29, 0.717) is 6.04 Å². The van der Waals surface area contributed by atoms with E-state index in [2.05, 4.69) is 12.2 Å². The number of unbranched alkanes of at least 4 members (excludes halogenated alkanes) is 2. The van der Waals surface area contributed by atoms with Gasteiger partial charge >= 0.3 is 5.97 Å². The molecule has 1 aliphatic carbocycles. The predicted molar refractivity (Wildman–Crippen MR) is 73.4 cm³/mol. The van der Waals surface area contributed by atoms with Gasteiger partial charge in [-0.25, -0.2) is 0 Å². The van der Waals surface area contributed by atoms with E-state index >= 15 is 0 Å². The van der Waals surface area contributed by atoms with Gasteiger partial charge in [0.1, 0.15) is 6.04 Å². The topological polar surface area (TPSA) is 38.3 Å². The Balaban J connectivity index is 2.08. The van der Waals surface area contributed by atoms with Gasteiger partial charge in [-0.3, -0.25) is 4.79 Å². The van der Waals surface area contributed by atoms with E-state index in [1.165, 1.54) is 45.0 Å². The summed E-state index contributed by atoms with van der Waals surface area (Å²) in [6.45, 7) is 2.22. The van der Waals surface area contributed by atoms with Crippen LogP contribution in [0.5, 0.6) is 0 Å². The fourth-order valence-electron chi connectivity index (χ4n) is 1.70. The molecule has 0 aliphatic heterocycles. The molecule has 1 atom stereocenters. The van der Waals surface area contributed by atoms with Crippen LogP contribution in [0.3, 0.4) is 0 Å². The quantitative estimate of drug-likeness (QED) is 0.483. The maximum atomic E-state index is 11.5. The number of ether oxygens (including phenoxy) is 1. The molecule has 3 nitrogen and oxygen atoms in total. The van der Waals surface area contributed by atoms with Gasteiger partial charge in [0.25, 0.3) is 0 Å². The van der Waals surface area contributed by atoms with Crippen molar-refractivity contribution in [1.82, 2.24) is 5.32 Å². The molecule has 17 heavy (non-hydrogen) atoms. The number of rotatable bonds is 10. The molecule has 1 N–H and O–H groups in total. The van der Waals surface area contributed by atoms with Gasteiger partial charge in [0.2, 0.25) is 0 Å². The molecule has 0 amide bonds. The summed E-state index contributed by atoms with van der Waals surface area (Å²) in [5.74, 6) is 2.15. The first kappa shape index (κ1) is 14.8. The number of hydrogen-bond acceptors (Lipinski definition) is 4. The lowest BCUT2D eigenvalue weighted by molar-refractivity contribution is -0.143. The second kappa shape index (κ2) is 8.81. The van der Waals surface area contributed by atoms with Gasteiger partial charge < -0.3 is 10.1 Å². The van der Waals surface area contributed by atoms with Gasteiger partial charge in [0, 0.05) is 6.04 Å². The number of esters is 1. The van der Waals surface area contributed by atoms with E-state index in [1.54, 1.807) is 0 Å². The van der Waals surface area contributed by atoms with Gasteiger partial charge in [-0.2, -0.15) is 11.8 Å². The molecule has 0 aromatic rings. The van der Waals surface area contributed by atoms with Crippen LogP contribution in [0.2, 0.25) is 0 Å². The Bertz CT molecular complexity index is 219. The van der Waals surface area contributed by atoms with E-state index in [4.69, 9.17) is 4.74 Å². The molecular formula is C13H25NO2S. The number of carbonyl (C=O) groups is 1. The van der Waals surface area contributed by atoms with Gasteiger partial charge in [-0.15, -0.1) is 0 Å². The molecule has 1 rings (SSSR count). The summed E-state index contributed by atoms with van der Waals surface area (Å²) < 4.78 is 4.83. The van der Waals surface area contributed by atoms with Crippen molar-refractivity contribution in [2.45, 2.75) is 57.5 Å². The third-order valence-corrected chi connectivity index (χ3v) is 4.04. The number of carbonyl (C=O) groups excluding carboxylic acids is 1. The van der Waals surface area contributed by atoms with E-state index in [1.807, 2.05) is 11.8 Å². The van der Waals surface area contributed by atoms with Crippen LogP contribution in [0.25, 0.3) is 0 Å². The lowest BCUT2D eigenvalue weighted by Gasteiger charge is -2.15. The lowest BCUT2D eigenvalue weighted by Crippen LogP contribution is -2.39. The first-order chi connectivity index (χ1) is 8.27. The summed E-state index contributed by atoms with van der Waals surface area (Å²) in [6, 6.07) is 0.468. The molecule has 1 saturated carbocycles. The van der Waals surface area contributed by atoms with Crippen LogP contribution in [-0.4, -0.2) is 36.7 Å². The highest BCUT2D eigenvalue weighted by Crippen LogP contribution is 2.21.